The van der Waals surface area contributed by atoms with E-state index >= 15 is 0 Å². The van der Waals surface area contributed by atoms with E-state index in [1.807, 2.05) is 47.4 Å². The summed E-state index contributed by atoms with van der Waals surface area (Å²) in [4.78, 5) is 14.4. The minimum atomic E-state index is -0.188. The molecule has 0 radical (unpaired) electrons. The van der Waals surface area contributed by atoms with Gasteiger partial charge >= 0.3 is 0 Å². The zero-order valence-corrected chi connectivity index (χ0v) is 11.0. The van der Waals surface area contributed by atoms with Gasteiger partial charge in [0.15, 0.2) is 6.23 Å². The molecular formula is C17H15NO2. The van der Waals surface area contributed by atoms with Crippen molar-refractivity contribution in [1.82, 2.24) is 4.90 Å². The average molecular weight is 265 g/mol. The van der Waals surface area contributed by atoms with Crippen LogP contribution in [-0.2, 0) is 11.2 Å². The average Bonchev–Trinajstić information content (AvgIpc) is 3.02. The Morgan fingerprint density at radius 2 is 1.80 bits per heavy atom. The number of carbonyl (C=O) groups excluding carboxylic acids is 1. The van der Waals surface area contributed by atoms with Gasteiger partial charge in [0.2, 0.25) is 0 Å². The summed E-state index contributed by atoms with van der Waals surface area (Å²) in [5.41, 5.74) is 3.04. The number of hydrogen-bond donors (Lipinski definition) is 0. The van der Waals surface area contributed by atoms with Crippen LogP contribution in [0.4, 0.5) is 0 Å². The van der Waals surface area contributed by atoms with Crippen molar-refractivity contribution in [3.8, 4) is 0 Å². The van der Waals surface area contributed by atoms with Crippen molar-refractivity contribution in [2.45, 2.75) is 18.7 Å². The molecule has 3 heteroatoms. The first kappa shape index (κ1) is 11.7. The van der Waals surface area contributed by atoms with Crippen LogP contribution in [0.1, 0.15) is 27.7 Å². The zero-order valence-electron chi connectivity index (χ0n) is 11.0. The fraction of sp³-hybridized carbons (Fsp3) is 0.235. The third kappa shape index (κ3) is 1.67. The number of amides is 1. The van der Waals surface area contributed by atoms with Crippen LogP contribution in [0.5, 0.6) is 0 Å². The molecule has 2 aliphatic heterocycles. The monoisotopic (exact) mass is 265 g/mol. The summed E-state index contributed by atoms with van der Waals surface area (Å²) in [7, 11) is 0. The molecule has 0 spiro atoms. The molecule has 2 heterocycles. The minimum Gasteiger partial charge on any atom is -0.352 e. The lowest BCUT2D eigenvalue weighted by atomic mass is 10.1. The summed E-state index contributed by atoms with van der Waals surface area (Å²) < 4.78 is 5.86. The SMILES string of the molecule is O=C1c2ccccc2[C@@H]2OC[C@@H](Cc3ccccc3)N12. The van der Waals surface area contributed by atoms with Crippen LogP contribution in [0.2, 0.25) is 0 Å². The van der Waals surface area contributed by atoms with Crippen LogP contribution >= 0.6 is 0 Å². The Hall–Kier alpha value is -2.13. The second-order valence-corrected chi connectivity index (χ2v) is 5.33. The molecule has 1 fully saturated rings. The van der Waals surface area contributed by atoms with E-state index in [1.165, 1.54) is 5.56 Å². The molecule has 2 atom stereocenters. The van der Waals surface area contributed by atoms with E-state index in [0.717, 1.165) is 17.5 Å². The molecule has 1 saturated heterocycles. The third-order valence-corrected chi connectivity index (χ3v) is 4.10. The van der Waals surface area contributed by atoms with Gasteiger partial charge in [-0.3, -0.25) is 4.79 Å². The molecule has 0 aliphatic carbocycles. The largest absolute Gasteiger partial charge is 0.352 e. The van der Waals surface area contributed by atoms with Crippen molar-refractivity contribution in [3.05, 3.63) is 71.3 Å². The van der Waals surface area contributed by atoms with Crippen LogP contribution in [0.25, 0.3) is 0 Å². The van der Waals surface area contributed by atoms with Gasteiger partial charge in [0.05, 0.1) is 12.6 Å². The van der Waals surface area contributed by atoms with Crippen LogP contribution in [0, 0.1) is 0 Å². The first-order valence-electron chi connectivity index (χ1n) is 6.92. The van der Waals surface area contributed by atoms with E-state index in [1.54, 1.807) is 0 Å². The van der Waals surface area contributed by atoms with Crippen LogP contribution in [-0.4, -0.2) is 23.5 Å². The number of hydrogen-bond acceptors (Lipinski definition) is 2. The van der Waals surface area contributed by atoms with Crippen molar-refractivity contribution < 1.29 is 9.53 Å². The number of benzene rings is 2. The fourth-order valence-electron chi connectivity index (χ4n) is 3.16. The first-order valence-corrected chi connectivity index (χ1v) is 6.92. The molecule has 20 heavy (non-hydrogen) atoms. The summed E-state index contributed by atoms with van der Waals surface area (Å²) in [6, 6.07) is 18.1. The second-order valence-electron chi connectivity index (χ2n) is 5.33. The highest BCUT2D eigenvalue weighted by Crippen LogP contribution is 2.40. The lowest BCUT2D eigenvalue weighted by Gasteiger charge is -2.22. The van der Waals surface area contributed by atoms with Crippen molar-refractivity contribution >= 4 is 5.91 Å². The minimum absolute atomic E-state index is 0.101. The predicted molar refractivity (Wildman–Crippen MR) is 75.2 cm³/mol. The molecule has 2 aliphatic rings. The van der Waals surface area contributed by atoms with Gasteiger partial charge < -0.3 is 9.64 Å². The maximum atomic E-state index is 12.5. The van der Waals surface area contributed by atoms with Crippen molar-refractivity contribution in [2.24, 2.45) is 0 Å². The predicted octanol–water partition coefficient (Wildman–Crippen LogP) is 2.78. The van der Waals surface area contributed by atoms with E-state index in [2.05, 4.69) is 12.1 Å². The maximum absolute atomic E-state index is 12.5. The number of ether oxygens (including phenoxy) is 1. The van der Waals surface area contributed by atoms with Gasteiger partial charge in [-0.05, 0) is 18.1 Å². The van der Waals surface area contributed by atoms with E-state index in [4.69, 9.17) is 4.74 Å². The Kier molecular flexibility index (Phi) is 2.60. The van der Waals surface area contributed by atoms with Crippen molar-refractivity contribution in [3.63, 3.8) is 0 Å². The number of fused-ring (bicyclic) bond motifs is 3. The first-order chi connectivity index (χ1) is 9.84. The molecule has 3 nitrogen and oxygen atoms in total. The van der Waals surface area contributed by atoms with Gasteiger partial charge in [-0.25, -0.2) is 0 Å². The normalized spacial score (nSPS) is 23.8. The molecule has 0 aromatic heterocycles. The van der Waals surface area contributed by atoms with Gasteiger partial charge in [-0.1, -0.05) is 48.5 Å². The van der Waals surface area contributed by atoms with Crippen LogP contribution in [0.15, 0.2) is 54.6 Å². The zero-order chi connectivity index (χ0) is 13.5. The van der Waals surface area contributed by atoms with E-state index < -0.39 is 0 Å². The molecule has 100 valence electrons. The summed E-state index contributed by atoms with van der Waals surface area (Å²) in [6.07, 6.45) is 0.657. The highest BCUT2D eigenvalue weighted by Gasteiger charge is 2.45. The van der Waals surface area contributed by atoms with Gasteiger partial charge in [0.1, 0.15) is 0 Å². The Morgan fingerprint density at radius 3 is 2.65 bits per heavy atom. The number of carbonyl (C=O) groups is 1. The van der Waals surface area contributed by atoms with Crippen molar-refractivity contribution in [2.75, 3.05) is 6.61 Å². The Labute approximate surface area is 117 Å². The highest BCUT2D eigenvalue weighted by molar-refractivity contribution is 5.99. The summed E-state index contributed by atoms with van der Waals surface area (Å²) >= 11 is 0. The standard InChI is InChI=1S/C17H15NO2/c19-16-14-8-4-5-9-15(14)17-18(16)13(11-20-17)10-12-6-2-1-3-7-12/h1-9,13,17H,10-11H2/t13-,17+/m1/s1. The molecule has 2 aromatic rings. The van der Waals surface area contributed by atoms with Crippen LogP contribution in [0.3, 0.4) is 0 Å². The van der Waals surface area contributed by atoms with Gasteiger partial charge in [-0.2, -0.15) is 0 Å². The molecule has 2 aromatic carbocycles. The lowest BCUT2D eigenvalue weighted by molar-refractivity contribution is 0.0353. The molecule has 0 N–H and O–H groups in total. The van der Waals surface area contributed by atoms with E-state index in [-0.39, 0.29) is 18.2 Å². The van der Waals surface area contributed by atoms with E-state index in [9.17, 15) is 4.79 Å². The summed E-state index contributed by atoms with van der Waals surface area (Å²) in [6.45, 7) is 0.611. The maximum Gasteiger partial charge on any atom is 0.256 e. The smallest absolute Gasteiger partial charge is 0.256 e. The quantitative estimate of drug-likeness (QED) is 0.835. The molecule has 0 bridgehead atoms. The molecule has 0 unspecified atom stereocenters. The number of rotatable bonds is 2. The molecular weight excluding hydrogens is 250 g/mol. The third-order valence-electron chi connectivity index (χ3n) is 4.10. The highest BCUT2D eigenvalue weighted by atomic mass is 16.5. The fourth-order valence-corrected chi connectivity index (χ4v) is 3.16. The number of nitrogens with zero attached hydrogens (tertiary/aromatic N) is 1. The Balaban J connectivity index is 1.63. The summed E-state index contributed by atoms with van der Waals surface area (Å²) in [5, 5.41) is 0. The molecule has 1 amide bonds. The lowest BCUT2D eigenvalue weighted by Crippen LogP contribution is -2.35. The van der Waals surface area contributed by atoms with Gasteiger partial charge in [0, 0.05) is 11.1 Å². The topological polar surface area (TPSA) is 29.5 Å². The molecule has 4 rings (SSSR count). The van der Waals surface area contributed by atoms with Crippen molar-refractivity contribution in [1.29, 1.82) is 0 Å². The second kappa shape index (κ2) is 4.46. The van der Waals surface area contributed by atoms with Gasteiger partial charge in [-0.15, -0.1) is 0 Å². The summed E-state index contributed by atoms with van der Waals surface area (Å²) in [5.74, 6) is 0.101. The Morgan fingerprint density at radius 1 is 1.05 bits per heavy atom. The van der Waals surface area contributed by atoms with Gasteiger partial charge in [0.25, 0.3) is 5.91 Å². The van der Waals surface area contributed by atoms with E-state index in [0.29, 0.717) is 6.61 Å². The Bertz CT molecular complexity index is 653. The van der Waals surface area contributed by atoms with Crippen LogP contribution < -0.4 is 0 Å². The molecule has 0 saturated carbocycles.